The fraction of sp³-hybridized carbons (Fsp3) is 0.353. The van der Waals surface area contributed by atoms with Crippen molar-refractivity contribution >= 4 is 50.8 Å². The highest BCUT2D eigenvalue weighted by Gasteiger charge is 2.15. The average Bonchev–Trinajstić information content (AvgIpc) is 3.21. The molecule has 0 fully saturated rings. The van der Waals surface area contributed by atoms with Crippen LogP contribution in [0, 0.1) is 6.92 Å². The van der Waals surface area contributed by atoms with Gasteiger partial charge in [-0.15, -0.1) is 22.7 Å². The van der Waals surface area contributed by atoms with E-state index in [1.165, 1.54) is 11.3 Å². The predicted molar refractivity (Wildman–Crippen MR) is 108 cm³/mol. The van der Waals surface area contributed by atoms with Gasteiger partial charge in [-0.1, -0.05) is 17.7 Å². The van der Waals surface area contributed by atoms with Crippen LogP contribution in [0.4, 0.5) is 0 Å². The summed E-state index contributed by atoms with van der Waals surface area (Å²) >= 11 is 9.11. The highest BCUT2D eigenvalue weighted by Crippen LogP contribution is 2.34. The molecule has 3 aromatic rings. The van der Waals surface area contributed by atoms with Crippen LogP contribution in [-0.4, -0.2) is 55.4 Å². The second-order valence-electron chi connectivity index (χ2n) is 5.61. The predicted octanol–water partition coefficient (Wildman–Crippen LogP) is 3.96. The monoisotopic (exact) mass is 396 g/mol. The van der Waals surface area contributed by atoms with Crippen LogP contribution in [0.25, 0.3) is 20.9 Å². The van der Waals surface area contributed by atoms with Crippen molar-refractivity contribution in [3.63, 3.8) is 0 Å². The first-order valence-corrected chi connectivity index (χ1v) is 9.80. The third-order valence-corrected chi connectivity index (χ3v) is 5.69. The summed E-state index contributed by atoms with van der Waals surface area (Å²) in [5, 5.41) is 6.21. The third-order valence-electron chi connectivity index (χ3n) is 3.44. The van der Waals surface area contributed by atoms with Crippen molar-refractivity contribution in [2.24, 2.45) is 0 Å². The number of likely N-dealkylation sites (N-methyl/N-ethyl adjacent to an activating group) is 2. The van der Waals surface area contributed by atoms with Crippen LogP contribution in [0.15, 0.2) is 17.5 Å². The van der Waals surface area contributed by atoms with Gasteiger partial charge >= 0.3 is 0 Å². The lowest BCUT2D eigenvalue weighted by molar-refractivity contribution is 0.112. The molecule has 0 spiro atoms. The van der Waals surface area contributed by atoms with E-state index in [1.807, 2.05) is 31.5 Å². The smallest absolute Gasteiger partial charge is 0.172 e. The van der Waals surface area contributed by atoms with Crippen molar-refractivity contribution in [2.75, 3.05) is 34.2 Å². The lowest BCUT2D eigenvalue weighted by Crippen LogP contribution is -2.23. The number of carbonyl (C=O) groups excluding carboxylic acids is 1. The molecule has 3 rings (SSSR count). The lowest BCUT2D eigenvalue weighted by Gasteiger charge is -2.06. The first kappa shape index (κ1) is 19.9. The Hall–Kier alpha value is -1.38. The SMILES string of the molecule is CNCCN(C)C.Cc1c(C=O)sc2nc(-c3cccs3)nc(Cl)c12. The van der Waals surface area contributed by atoms with E-state index < -0.39 is 0 Å². The molecule has 1 N–H and O–H groups in total. The van der Waals surface area contributed by atoms with Gasteiger partial charge in [0.1, 0.15) is 9.98 Å². The fourth-order valence-corrected chi connectivity index (χ4v) is 4.09. The van der Waals surface area contributed by atoms with Crippen molar-refractivity contribution in [3.05, 3.63) is 33.1 Å². The highest BCUT2D eigenvalue weighted by atomic mass is 35.5. The number of aryl methyl sites for hydroxylation is 1. The number of carbonyl (C=O) groups is 1. The summed E-state index contributed by atoms with van der Waals surface area (Å²) in [6.45, 7) is 4.06. The maximum absolute atomic E-state index is 10.9. The first-order chi connectivity index (χ1) is 12.0. The summed E-state index contributed by atoms with van der Waals surface area (Å²) < 4.78 is 0. The van der Waals surface area contributed by atoms with E-state index in [-0.39, 0.29) is 0 Å². The molecule has 0 saturated heterocycles. The minimum Gasteiger partial charge on any atom is -0.318 e. The van der Waals surface area contributed by atoms with Crippen molar-refractivity contribution in [3.8, 4) is 10.7 Å². The van der Waals surface area contributed by atoms with Gasteiger partial charge in [-0.25, -0.2) is 9.97 Å². The number of aldehydes is 1. The van der Waals surface area contributed by atoms with Crippen molar-refractivity contribution < 1.29 is 4.79 Å². The Bertz CT molecular complexity index is 831. The second kappa shape index (κ2) is 9.35. The molecule has 0 saturated carbocycles. The Morgan fingerprint density at radius 3 is 2.64 bits per heavy atom. The quantitative estimate of drug-likeness (QED) is 0.522. The van der Waals surface area contributed by atoms with Gasteiger partial charge in [-0.05, 0) is 45.1 Å². The average molecular weight is 397 g/mol. The first-order valence-electron chi connectivity index (χ1n) is 7.73. The number of nitrogens with one attached hydrogen (secondary N) is 1. The van der Waals surface area contributed by atoms with Crippen LogP contribution < -0.4 is 5.32 Å². The second-order valence-corrected chi connectivity index (χ2v) is 7.95. The zero-order valence-electron chi connectivity index (χ0n) is 14.7. The molecule has 0 aliphatic carbocycles. The molecule has 0 aliphatic rings. The van der Waals surface area contributed by atoms with E-state index >= 15 is 0 Å². The Labute approximate surface area is 160 Å². The third kappa shape index (κ3) is 5.05. The zero-order chi connectivity index (χ0) is 18.4. The van der Waals surface area contributed by atoms with Crippen LogP contribution in [0.1, 0.15) is 15.2 Å². The van der Waals surface area contributed by atoms with E-state index in [1.54, 1.807) is 11.3 Å². The summed E-state index contributed by atoms with van der Waals surface area (Å²) in [6, 6.07) is 3.89. The number of hydrogen-bond donors (Lipinski definition) is 1. The highest BCUT2D eigenvalue weighted by molar-refractivity contribution is 7.20. The molecule has 0 amide bonds. The number of hydrogen-bond acceptors (Lipinski definition) is 7. The topological polar surface area (TPSA) is 58.1 Å². The van der Waals surface area contributed by atoms with Crippen LogP contribution in [0.3, 0.4) is 0 Å². The minimum absolute atomic E-state index is 0.408. The van der Waals surface area contributed by atoms with E-state index in [9.17, 15) is 4.79 Å². The molecule has 0 aromatic carbocycles. The van der Waals surface area contributed by atoms with Gasteiger partial charge < -0.3 is 10.2 Å². The van der Waals surface area contributed by atoms with Crippen molar-refractivity contribution in [1.82, 2.24) is 20.2 Å². The molecule has 8 heteroatoms. The molecule has 3 heterocycles. The van der Waals surface area contributed by atoms with Crippen LogP contribution in [-0.2, 0) is 0 Å². The molecule has 3 aromatic heterocycles. The number of aromatic nitrogens is 2. The normalized spacial score (nSPS) is 10.8. The molecule has 0 unspecified atom stereocenters. The van der Waals surface area contributed by atoms with Gasteiger partial charge in [-0.3, -0.25) is 4.79 Å². The standard InChI is InChI=1S/C12H7ClN2OS2.C5H14N2/c1-6-8(5-16)18-12-9(6)10(13)14-11(15-12)7-3-2-4-17-7;1-6-4-5-7(2)3/h2-5H,1H3;6H,4-5H2,1-3H3. The van der Waals surface area contributed by atoms with Gasteiger partial charge in [0.25, 0.3) is 0 Å². The summed E-state index contributed by atoms with van der Waals surface area (Å²) in [4.78, 5) is 24.3. The Morgan fingerprint density at radius 2 is 2.12 bits per heavy atom. The maximum Gasteiger partial charge on any atom is 0.172 e. The zero-order valence-corrected chi connectivity index (χ0v) is 17.1. The molecule has 0 radical (unpaired) electrons. The molecule has 25 heavy (non-hydrogen) atoms. The van der Waals surface area contributed by atoms with E-state index in [0.29, 0.717) is 15.9 Å². The molecule has 0 aliphatic heterocycles. The maximum atomic E-state index is 10.9. The van der Waals surface area contributed by atoms with Crippen molar-refractivity contribution in [2.45, 2.75) is 6.92 Å². The number of thiophene rings is 2. The number of halogens is 1. The summed E-state index contributed by atoms with van der Waals surface area (Å²) in [5.74, 6) is 0.612. The summed E-state index contributed by atoms with van der Waals surface area (Å²) in [6.07, 6.45) is 0.836. The molecule has 134 valence electrons. The van der Waals surface area contributed by atoms with Crippen LogP contribution in [0.5, 0.6) is 0 Å². The van der Waals surface area contributed by atoms with Crippen LogP contribution >= 0.6 is 34.3 Å². The van der Waals surface area contributed by atoms with Crippen LogP contribution in [0.2, 0.25) is 5.15 Å². The lowest BCUT2D eigenvalue weighted by atomic mass is 10.2. The number of nitrogens with zero attached hydrogens (tertiary/aromatic N) is 3. The van der Waals surface area contributed by atoms with E-state index in [2.05, 4.69) is 34.3 Å². The molecule has 0 atom stereocenters. The minimum atomic E-state index is 0.408. The van der Waals surface area contributed by atoms with Crippen molar-refractivity contribution in [1.29, 1.82) is 0 Å². The van der Waals surface area contributed by atoms with Gasteiger partial charge in [0.05, 0.1) is 15.1 Å². The number of rotatable bonds is 5. The molecule has 5 nitrogen and oxygen atoms in total. The Balaban J connectivity index is 0.000000277. The fourth-order valence-electron chi connectivity index (χ4n) is 2.07. The Kier molecular flexibility index (Phi) is 7.46. The van der Waals surface area contributed by atoms with Gasteiger partial charge in [-0.2, -0.15) is 0 Å². The molecular weight excluding hydrogens is 376 g/mol. The van der Waals surface area contributed by atoms with Gasteiger partial charge in [0.15, 0.2) is 12.1 Å². The van der Waals surface area contributed by atoms with Gasteiger partial charge in [0, 0.05) is 13.1 Å². The van der Waals surface area contributed by atoms with E-state index in [4.69, 9.17) is 11.6 Å². The molecule has 0 bridgehead atoms. The number of fused-ring (bicyclic) bond motifs is 1. The van der Waals surface area contributed by atoms with Gasteiger partial charge in [0.2, 0.25) is 0 Å². The summed E-state index contributed by atoms with van der Waals surface area (Å²) in [5.41, 5.74) is 0.854. The van der Waals surface area contributed by atoms with E-state index in [0.717, 1.165) is 40.0 Å². The largest absolute Gasteiger partial charge is 0.318 e. The Morgan fingerprint density at radius 1 is 1.36 bits per heavy atom. The summed E-state index contributed by atoms with van der Waals surface area (Å²) in [7, 11) is 6.10. The molecular formula is C17H21ClN4OS2.